The number of ketones is 1. The van der Waals surface area contributed by atoms with Crippen LogP contribution in [0.1, 0.15) is 39.2 Å². The number of fused-ring (bicyclic) bond motifs is 2. The third-order valence-electron chi connectivity index (χ3n) is 4.90. The summed E-state index contributed by atoms with van der Waals surface area (Å²) in [6.45, 7) is 2.09. The van der Waals surface area contributed by atoms with Crippen LogP contribution >= 0.6 is 34.5 Å². The summed E-state index contributed by atoms with van der Waals surface area (Å²) in [7, 11) is 2.15. The summed E-state index contributed by atoms with van der Waals surface area (Å²) in [4.78, 5) is 15.9. The number of piperidine rings is 1. The van der Waals surface area contributed by atoms with Gasteiger partial charge in [0.25, 0.3) is 0 Å². The highest BCUT2D eigenvalue weighted by molar-refractivity contribution is 7.12. The van der Waals surface area contributed by atoms with Gasteiger partial charge in [-0.05, 0) is 60.2 Å². The average Bonchev–Trinajstić information content (AvgIpc) is 2.99. The smallest absolute Gasteiger partial charge is 0.177 e. The third-order valence-corrected chi connectivity index (χ3v) is 6.58. The lowest BCUT2D eigenvalue weighted by atomic mass is 9.88. The standard InChI is InChI=1S/C19H17Cl2NOS/c1-22-5-2-11(3-6-22)18-13-4-7-24-19(13)17(23)9-12-8-15(20)16(21)10-14(12)18/h4,7-8,10H,2-3,5-6,9H2,1H3. The van der Waals surface area contributed by atoms with Gasteiger partial charge in [-0.15, -0.1) is 11.3 Å². The van der Waals surface area contributed by atoms with Gasteiger partial charge in [-0.1, -0.05) is 28.8 Å². The number of hydrogen-bond acceptors (Lipinski definition) is 3. The maximum Gasteiger partial charge on any atom is 0.177 e. The van der Waals surface area contributed by atoms with Crippen molar-refractivity contribution in [1.29, 1.82) is 0 Å². The summed E-state index contributed by atoms with van der Waals surface area (Å²) < 4.78 is 0. The van der Waals surface area contributed by atoms with Crippen molar-refractivity contribution in [3.63, 3.8) is 0 Å². The van der Waals surface area contributed by atoms with Crippen LogP contribution in [0.4, 0.5) is 0 Å². The Morgan fingerprint density at radius 1 is 1.08 bits per heavy atom. The molecule has 0 bridgehead atoms. The van der Waals surface area contributed by atoms with Crippen LogP contribution in [0.2, 0.25) is 10.0 Å². The normalized spacial score (nSPS) is 18.4. The number of carbonyl (C=O) groups excluding carboxylic acids is 1. The Bertz CT molecular complexity index is 858. The maximum atomic E-state index is 12.7. The fourth-order valence-corrected chi connectivity index (χ4v) is 4.80. The second kappa shape index (κ2) is 6.30. The molecule has 0 saturated carbocycles. The summed E-state index contributed by atoms with van der Waals surface area (Å²) in [6.07, 6.45) is 2.43. The molecule has 0 atom stereocenters. The monoisotopic (exact) mass is 377 g/mol. The van der Waals surface area contributed by atoms with E-state index in [-0.39, 0.29) is 5.78 Å². The first-order chi connectivity index (χ1) is 11.5. The van der Waals surface area contributed by atoms with Crippen molar-refractivity contribution >= 4 is 45.9 Å². The molecule has 2 heterocycles. The number of thiophene rings is 1. The minimum Gasteiger partial charge on any atom is -0.306 e. The molecule has 1 aromatic heterocycles. The van der Waals surface area contributed by atoms with Crippen LogP contribution in [0.15, 0.2) is 29.2 Å². The van der Waals surface area contributed by atoms with Crippen molar-refractivity contribution in [2.24, 2.45) is 0 Å². The van der Waals surface area contributed by atoms with Crippen molar-refractivity contribution < 1.29 is 4.79 Å². The maximum absolute atomic E-state index is 12.7. The van der Waals surface area contributed by atoms with Crippen LogP contribution < -0.4 is 0 Å². The van der Waals surface area contributed by atoms with Crippen molar-refractivity contribution in [2.45, 2.75) is 19.3 Å². The molecule has 0 amide bonds. The van der Waals surface area contributed by atoms with E-state index in [1.165, 1.54) is 22.5 Å². The summed E-state index contributed by atoms with van der Waals surface area (Å²) in [5, 5.41) is 3.08. The first-order valence-electron chi connectivity index (χ1n) is 8.04. The Morgan fingerprint density at radius 3 is 2.54 bits per heavy atom. The second-order valence-electron chi connectivity index (χ2n) is 6.47. The molecule has 4 rings (SSSR count). The molecule has 0 unspecified atom stereocenters. The molecule has 2 aromatic rings. The van der Waals surface area contributed by atoms with Gasteiger partial charge in [0.05, 0.1) is 14.9 Å². The van der Waals surface area contributed by atoms with E-state index in [1.54, 1.807) is 0 Å². The number of rotatable bonds is 0. The fourth-order valence-electron chi connectivity index (χ4n) is 3.61. The summed E-state index contributed by atoms with van der Waals surface area (Å²) >= 11 is 14.1. The predicted octanol–water partition coefficient (Wildman–Crippen LogP) is 5.32. The quantitative estimate of drug-likeness (QED) is 0.618. The molecule has 1 aromatic carbocycles. The van der Waals surface area contributed by atoms with Crippen LogP contribution in [0.3, 0.4) is 0 Å². The van der Waals surface area contributed by atoms with Crippen LogP contribution in [-0.4, -0.2) is 30.8 Å². The molecular weight excluding hydrogens is 361 g/mol. The molecular formula is C19H17Cl2NOS. The van der Waals surface area contributed by atoms with Crippen LogP contribution in [0.25, 0.3) is 5.57 Å². The lowest BCUT2D eigenvalue weighted by Gasteiger charge is -2.27. The molecule has 24 heavy (non-hydrogen) atoms. The molecule has 2 nitrogen and oxygen atoms in total. The lowest BCUT2D eigenvalue weighted by Crippen LogP contribution is -2.27. The van der Waals surface area contributed by atoms with Gasteiger partial charge in [-0.2, -0.15) is 0 Å². The van der Waals surface area contributed by atoms with E-state index < -0.39 is 0 Å². The highest BCUT2D eigenvalue weighted by Gasteiger charge is 2.28. The number of benzene rings is 1. The number of Topliss-reactive ketones (excluding diaryl/α,β-unsaturated/α-hetero) is 1. The highest BCUT2D eigenvalue weighted by atomic mass is 35.5. The Morgan fingerprint density at radius 2 is 1.79 bits per heavy atom. The molecule has 2 aliphatic rings. The van der Waals surface area contributed by atoms with Gasteiger partial charge in [0.1, 0.15) is 0 Å². The van der Waals surface area contributed by atoms with E-state index in [4.69, 9.17) is 23.2 Å². The zero-order valence-corrected chi connectivity index (χ0v) is 15.7. The first kappa shape index (κ1) is 16.3. The van der Waals surface area contributed by atoms with Gasteiger partial charge in [0, 0.05) is 25.1 Å². The largest absolute Gasteiger partial charge is 0.306 e. The number of carbonyl (C=O) groups is 1. The Kier molecular flexibility index (Phi) is 4.29. The minimum atomic E-state index is 0.170. The molecule has 124 valence electrons. The van der Waals surface area contributed by atoms with E-state index >= 15 is 0 Å². The van der Waals surface area contributed by atoms with Gasteiger partial charge >= 0.3 is 0 Å². The summed E-state index contributed by atoms with van der Waals surface area (Å²) in [5.74, 6) is 0.170. The van der Waals surface area contributed by atoms with E-state index in [1.807, 2.05) is 17.5 Å². The van der Waals surface area contributed by atoms with Crippen molar-refractivity contribution in [3.8, 4) is 0 Å². The summed E-state index contributed by atoms with van der Waals surface area (Å²) in [5.41, 5.74) is 5.76. The van der Waals surface area contributed by atoms with Gasteiger partial charge in [-0.25, -0.2) is 0 Å². The van der Waals surface area contributed by atoms with E-state index in [0.717, 1.165) is 47.5 Å². The van der Waals surface area contributed by atoms with E-state index in [9.17, 15) is 4.79 Å². The van der Waals surface area contributed by atoms with E-state index in [2.05, 4.69) is 18.0 Å². The molecule has 1 fully saturated rings. The van der Waals surface area contributed by atoms with Crippen molar-refractivity contribution in [1.82, 2.24) is 4.90 Å². The number of nitrogens with zero attached hydrogens (tertiary/aromatic N) is 1. The molecule has 0 N–H and O–H groups in total. The van der Waals surface area contributed by atoms with Gasteiger partial charge < -0.3 is 4.90 Å². The van der Waals surface area contributed by atoms with Crippen LogP contribution in [0.5, 0.6) is 0 Å². The van der Waals surface area contributed by atoms with Crippen LogP contribution in [0, 0.1) is 0 Å². The molecule has 0 spiro atoms. The lowest BCUT2D eigenvalue weighted by molar-refractivity contribution is 0.0997. The average molecular weight is 378 g/mol. The Balaban J connectivity index is 1.99. The van der Waals surface area contributed by atoms with Gasteiger partial charge in [-0.3, -0.25) is 4.79 Å². The molecule has 0 radical (unpaired) electrons. The second-order valence-corrected chi connectivity index (χ2v) is 8.20. The highest BCUT2D eigenvalue weighted by Crippen LogP contribution is 2.42. The Hall–Kier alpha value is -1.13. The molecule has 1 aliphatic heterocycles. The van der Waals surface area contributed by atoms with E-state index in [0.29, 0.717) is 16.5 Å². The number of halogens is 2. The third kappa shape index (κ3) is 2.74. The minimum absolute atomic E-state index is 0.170. The summed E-state index contributed by atoms with van der Waals surface area (Å²) in [6, 6.07) is 5.89. The molecule has 1 saturated heterocycles. The molecule has 5 heteroatoms. The fraction of sp³-hybridized carbons (Fsp3) is 0.316. The zero-order valence-electron chi connectivity index (χ0n) is 13.4. The topological polar surface area (TPSA) is 20.3 Å². The number of likely N-dealkylation sites (tertiary alicyclic amines) is 1. The number of hydrogen-bond donors (Lipinski definition) is 0. The Labute approximate surface area is 155 Å². The van der Waals surface area contributed by atoms with Crippen LogP contribution in [-0.2, 0) is 6.42 Å². The van der Waals surface area contributed by atoms with Crippen molar-refractivity contribution in [2.75, 3.05) is 20.1 Å². The predicted molar refractivity (Wildman–Crippen MR) is 102 cm³/mol. The van der Waals surface area contributed by atoms with Gasteiger partial charge in [0.2, 0.25) is 0 Å². The SMILES string of the molecule is CN1CCC(=C2c3cc(Cl)c(Cl)cc3CC(=O)c3sccc32)CC1. The van der Waals surface area contributed by atoms with Crippen molar-refractivity contribution in [3.05, 3.63) is 60.8 Å². The van der Waals surface area contributed by atoms with Gasteiger partial charge in [0.15, 0.2) is 5.78 Å². The zero-order chi connectivity index (χ0) is 16.8. The molecule has 1 aliphatic carbocycles. The first-order valence-corrected chi connectivity index (χ1v) is 9.68.